The van der Waals surface area contributed by atoms with E-state index in [-0.39, 0.29) is 17.1 Å². The first-order valence-corrected chi connectivity index (χ1v) is 7.98. The number of hydrogen-bond acceptors (Lipinski definition) is 3. The summed E-state index contributed by atoms with van der Waals surface area (Å²) in [5.74, 6) is -0.225. The Bertz CT molecular complexity index is 989. The molecule has 0 fully saturated rings. The van der Waals surface area contributed by atoms with Crippen LogP contribution in [-0.2, 0) is 11.3 Å². The summed E-state index contributed by atoms with van der Waals surface area (Å²) in [6.45, 7) is 5.93. The molecule has 1 N–H and O–H groups in total. The number of ketones is 1. The third-order valence-corrected chi connectivity index (χ3v) is 4.18. The minimum absolute atomic E-state index is 0.0186. The number of Topliss-reactive ketones (excluding diaryl/α,β-unsaturated/α-hetero) is 1. The fourth-order valence-electron chi connectivity index (χ4n) is 3.04. The number of aromatic nitrogens is 1. The van der Waals surface area contributed by atoms with Crippen molar-refractivity contribution in [3.63, 3.8) is 0 Å². The molecule has 0 radical (unpaired) electrons. The van der Waals surface area contributed by atoms with Crippen LogP contribution in [0.2, 0.25) is 0 Å². The van der Waals surface area contributed by atoms with Gasteiger partial charge in [0.1, 0.15) is 5.76 Å². The minimum atomic E-state index is -0.206. The lowest BCUT2D eigenvalue weighted by Gasteiger charge is -2.03. The second-order valence-corrected chi connectivity index (χ2v) is 5.78. The van der Waals surface area contributed by atoms with Crippen molar-refractivity contribution < 1.29 is 9.90 Å². The number of benzene rings is 2. The van der Waals surface area contributed by atoms with Crippen molar-refractivity contribution in [1.82, 2.24) is 4.57 Å². The molecule has 3 aromatic rings. The monoisotopic (exact) mass is 320 g/mol. The molecule has 4 heteroatoms. The molecule has 0 atom stereocenters. The lowest BCUT2D eigenvalue weighted by atomic mass is 10.1. The number of aliphatic imine (C=N–C) groups is 1. The van der Waals surface area contributed by atoms with Crippen molar-refractivity contribution in [3.05, 3.63) is 53.8 Å². The number of carbonyl (C=O) groups excluding carboxylic acids is 1. The van der Waals surface area contributed by atoms with Crippen LogP contribution < -0.4 is 0 Å². The molecule has 0 saturated heterocycles. The van der Waals surface area contributed by atoms with Crippen LogP contribution in [0, 0.1) is 0 Å². The number of rotatable bonds is 4. The van der Waals surface area contributed by atoms with Gasteiger partial charge in [-0.15, -0.1) is 0 Å². The van der Waals surface area contributed by atoms with Crippen LogP contribution in [0.15, 0.2) is 58.8 Å². The van der Waals surface area contributed by atoms with E-state index in [1.807, 2.05) is 24.3 Å². The van der Waals surface area contributed by atoms with Gasteiger partial charge in [-0.1, -0.05) is 18.2 Å². The Kier molecular flexibility index (Phi) is 4.21. The molecule has 0 aliphatic rings. The number of nitrogens with zero attached hydrogens (tertiary/aromatic N) is 2. The second kappa shape index (κ2) is 6.32. The number of para-hydroxylation sites is 1. The molecule has 3 rings (SSSR count). The van der Waals surface area contributed by atoms with E-state index in [0.29, 0.717) is 0 Å². The molecule has 0 spiro atoms. The van der Waals surface area contributed by atoms with Gasteiger partial charge in [0.2, 0.25) is 0 Å². The molecular formula is C20H20N2O2. The zero-order valence-corrected chi connectivity index (χ0v) is 14.1. The highest BCUT2D eigenvalue weighted by Crippen LogP contribution is 2.31. The summed E-state index contributed by atoms with van der Waals surface area (Å²) in [7, 11) is 0. The summed E-state index contributed by atoms with van der Waals surface area (Å²) < 4.78 is 2.27. The van der Waals surface area contributed by atoms with Gasteiger partial charge >= 0.3 is 0 Å². The zero-order chi connectivity index (χ0) is 17.3. The molecule has 24 heavy (non-hydrogen) atoms. The predicted molar refractivity (Wildman–Crippen MR) is 99.3 cm³/mol. The summed E-state index contributed by atoms with van der Waals surface area (Å²) in [5.41, 5.74) is 3.34. The maximum atomic E-state index is 11.5. The highest BCUT2D eigenvalue weighted by atomic mass is 16.3. The SMILES string of the molecule is CCn1c2ccccc2c2cc(N=C/C(C(C)=O)=C(/C)O)ccc21. The highest BCUT2D eigenvalue weighted by molar-refractivity contribution is 6.13. The third-order valence-electron chi connectivity index (χ3n) is 4.18. The summed E-state index contributed by atoms with van der Waals surface area (Å²) in [6.07, 6.45) is 1.43. The van der Waals surface area contributed by atoms with Crippen LogP contribution in [-0.4, -0.2) is 21.7 Å². The van der Waals surface area contributed by atoms with Crippen LogP contribution >= 0.6 is 0 Å². The Hall–Kier alpha value is -2.88. The molecule has 122 valence electrons. The number of aliphatic hydroxyl groups is 1. The molecule has 0 aliphatic carbocycles. The number of carbonyl (C=O) groups is 1. The van der Waals surface area contributed by atoms with Crippen molar-refractivity contribution in [2.45, 2.75) is 27.3 Å². The van der Waals surface area contributed by atoms with Crippen molar-refractivity contribution in [1.29, 1.82) is 0 Å². The fourth-order valence-corrected chi connectivity index (χ4v) is 3.04. The molecule has 0 amide bonds. The molecule has 0 aliphatic heterocycles. The van der Waals surface area contributed by atoms with E-state index in [2.05, 4.69) is 34.7 Å². The van der Waals surface area contributed by atoms with E-state index in [4.69, 9.17) is 0 Å². The summed E-state index contributed by atoms with van der Waals surface area (Å²) in [4.78, 5) is 15.9. The number of aliphatic hydroxyl groups excluding tert-OH is 1. The van der Waals surface area contributed by atoms with Crippen molar-refractivity contribution >= 4 is 39.5 Å². The molecule has 0 unspecified atom stereocenters. The quantitative estimate of drug-likeness (QED) is 0.420. The number of hydrogen-bond donors (Lipinski definition) is 1. The Balaban J connectivity index is 2.14. The van der Waals surface area contributed by atoms with Gasteiger partial charge in [-0.25, -0.2) is 0 Å². The largest absolute Gasteiger partial charge is 0.512 e. The maximum absolute atomic E-state index is 11.5. The normalized spacial score (nSPS) is 13.0. The van der Waals surface area contributed by atoms with Crippen LogP contribution in [0.5, 0.6) is 0 Å². The van der Waals surface area contributed by atoms with Crippen LogP contribution in [0.3, 0.4) is 0 Å². The fraction of sp³-hybridized carbons (Fsp3) is 0.200. The molecule has 0 bridgehead atoms. The smallest absolute Gasteiger partial charge is 0.164 e. The number of fused-ring (bicyclic) bond motifs is 3. The highest BCUT2D eigenvalue weighted by Gasteiger charge is 2.10. The Morgan fingerprint density at radius 1 is 1.12 bits per heavy atom. The van der Waals surface area contributed by atoms with Crippen molar-refractivity contribution in [2.75, 3.05) is 0 Å². The average Bonchev–Trinajstić information content (AvgIpc) is 2.87. The van der Waals surface area contributed by atoms with Gasteiger partial charge in [0, 0.05) is 34.6 Å². The first kappa shape index (κ1) is 16.0. The first-order chi connectivity index (χ1) is 11.5. The van der Waals surface area contributed by atoms with E-state index < -0.39 is 0 Å². The topological polar surface area (TPSA) is 54.6 Å². The predicted octanol–water partition coefficient (Wildman–Crippen LogP) is 4.94. The van der Waals surface area contributed by atoms with Gasteiger partial charge in [-0.2, -0.15) is 0 Å². The van der Waals surface area contributed by atoms with Gasteiger partial charge < -0.3 is 9.67 Å². The van der Waals surface area contributed by atoms with Gasteiger partial charge in [0.25, 0.3) is 0 Å². The number of aryl methyl sites for hydroxylation is 1. The molecule has 4 nitrogen and oxygen atoms in total. The lowest BCUT2D eigenvalue weighted by molar-refractivity contribution is -0.113. The molecular weight excluding hydrogens is 300 g/mol. The first-order valence-electron chi connectivity index (χ1n) is 7.98. The Morgan fingerprint density at radius 3 is 2.50 bits per heavy atom. The van der Waals surface area contributed by atoms with Gasteiger partial charge in [-0.3, -0.25) is 9.79 Å². The van der Waals surface area contributed by atoms with Crippen LogP contribution in [0.25, 0.3) is 21.8 Å². The van der Waals surface area contributed by atoms with E-state index in [1.165, 1.54) is 36.5 Å². The zero-order valence-electron chi connectivity index (χ0n) is 14.1. The average molecular weight is 320 g/mol. The molecule has 0 saturated carbocycles. The van der Waals surface area contributed by atoms with E-state index in [0.717, 1.165) is 17.6 Å². The minimum Gasteiger partial charge on any atom is -0.512 e. The van der Waals surface area contributed by atoms with Crippen LogP contribution in [0.4, 0.5) is 5.69 Å². The summed E-state index contributed by atoms with van der Waals surface area (Å²) in [6, 6.07) is 14.3. The number of allylic oxidation sites excluding steroid dienone is 2. The van der Waals surface area contributed by atoms with Gasteiger partial charge in [-0.05, 0) is 45.0 Å². The summed E-state index contributed by atoms with van der Waals surface area (Å²) in [5, 5.41) is 11.9. The molecule has 1 heterocycles. The second-order valence-electron chi connectivity index (χ2n) is 5.78. The Morgan fingerprint density at radius 2 is 1.83 bits per heavy atom. The van der Waals surface area contributed by atoms with E-state index in [9.17, 15) is 9.90 Å². The third kappa shape index (κ3) is 2.71. The van der Waals surface area contributed by atoms with Gasteiger partial charge in [0.15, 0.2) is 5.78 Å². The lowest BCUT2D eigenvalue weighted by Crippen LogP contribution is -2.01. The standard InChI is InChI=1S/C20H20N2O2/c1-4-22-19-8-6-5-7-16(19)17-11-15(9-10-20(17)22)21-12-18(13(2)23)14(3)24/h5-12,23H,4H2,1-3H3/b18-13+,21-12?. The van der Waals surface area contributed by atoms with Crippen molar-refractivity contribution in [2.24, 2.45) is 4.99 Å². The Labute approximate surface area is 140 Å². The molecule has 2 aromatic carbocycles. The summed E-state index contributed by atoms with van der Waals surface area (Å²) >= 11 is 0. The van der Waals surface area contributed by atoms with Crippen molar-refractivity contribution in [3.8, 4) is 0 Å². The van der Waals surface area contributed by atoms with E-state index in [1.54, 1.807) is 0 Å². The van der Waals surface area contributed by atoms with Crippen LogP contribution in [0.1, 0.15) is 20.8 Å². The molecule has 1 aromatic heterocycles. The van der Waals surface area contributed by atoms with Gasteiger partial charge in [0.05, 0.1) is 11.3 Å². The maximum Gasteiger partial charge on any atom is 0.164 e. The van der Waals surface area contributed by atoms with E-state index >= 15 is 0 Å².